The molecule has 0 aliphatic carbocycles. The zero-order valence-corrected chi connectivity index (χ0v) is 6.68. The molecule has 7 heteroatoms. The molecule has 0 saturated heterocycles. The third-order valence-electron chi connectivity index (χ3n) is 1.05. The van der Waals surface area contributed by atoms with E-state index in [0.29, 0.717) is 0 Å². The zero-order valence-electron chi connectivity index (χ0n) is 6.68. The second-order valence-corrected chi connectivity index (χ2v) is 2.08. The summed E-state index contributed by atoms with van der Waals surface area (Å²) < 4.78 is 0. The van der Waals surface area contributed by atoms with Crippen molar-refractivity contribution in [2.45, 2.75) is 6.10 Å². The Labute approximate surface area is 73.4 Å². The highest BCUT2D eigenvalue weighted by Crippen LogP contribution is 1.99. The maximum absolute atomic E-state index is 10.8. The summed E-state index contributed by atoms with van der Waals surface area (Å²) in [4.78, 5) is 20.9. The molecule has 0 atom stereocenters. The van der Waals surface area contributed by atoms with Gasteiger partial charge in [-0.2, -0.15) is 0 Å². The number of aliphatic hydroxyl groups is 3. The van der Waals surface area contributed by atoms with Crippen LogP contribution in [0.15, 0.2) is 0 Å². The Kier molecular flexibility index (Phi) is 3.38. The van der Waals surface area contributed by atoms with Crippen LogP contribution in [0.25, 0.3) is 0 Å². The van der Waals surface area contributed by atoms with E-state index in [4.69, 9.17) is 15.3 Å². The van der Waals surface area contributed by atoms with Crippen molar-refractivity contribution < 1.29 is 24.9 Å². The fraction of sp³-hybridized carbons (Fsp3) is 0.333. The lowest BCUT2D eigenvalue weighted by Gasteiger charge is -2.23. The summed E-state index contributed by atoms with van der Waals surface area (Å²) in [5.41, 5.74) is 4.58. The molecule has 2 amide bonds. The Morgan fingerprint density at radius 3 is 2.08 bits per heavy atom. The average molecular weight is 188 g/mol. The molecular weight excluding hydrogens is 180 g/mol. The number of nitrogens with zero attached hydrogens (tertiary/aromatic N) is 1. The van der Waals surface area contributed by atoms with Crippen LogP contribution < -0.4 is 5.73 Å². The van der Waals surface area contributed by atoms with Crippen LogP contribution in [0.5, 0.6) is 0 Å². The summed E-state index contributed by atoms with van der Waals surface area (Å²) in [6.07, 6.45) is -3.30. The molecule has 0 heterocycles. The molecule has 0 radical (unpaired) electrons. The van der Waals surface area contributed by atoms with Crippen LogP contribution >= 0.6 is 0 Å². The first-order valence-corrected chi connectivity index (χ1v) is 3.01. The molecule has 0 aliphatic heterocycles. The first-order valence-electron chi connectivity index (χ1n) is 3.01. The molecule has 0 saturated carbocycles. The van der Waals surface area contributed by atoms with Crippen molar-refractivity contribution in [3.63, 3.8) is 0 Å². The number of hydrogen-bond donors (Lipinski definition) is 4. The van der Waals surface area contributed by atoms with Gasteiger partial charge in [-0.1, -0.05) is 0 Å². The predicted octanol–water partition coefficient (Wildman–Crippen LogP) is -3.48. The molecule has 0 aromatic heterocycles. The largest absolute Gasteiger partial charge is 0.372 e. The lowest BCUT2D eigenvalue weighted by Crippen LogP contribution is -2.49. The second-order valence-electron chi connectivity index (χ2n) is 2.08. The Hall–Kier alpha value is -1.62. The number of hydrogen-bond acceptors (Lipinski definition) is 5. The molecule has 0 aromatic rings. The van der Waals surface area contributed by atoms with Crippen LogP contribution in [0.4, 0.5) is 0 Å². The summed E-state index contributed by atoms with van der Waals surface area (Å²) in [6.45, 7) is 0. The van der Waals surface area contributed by atoms with Gasteiger partial charge in [0.25, 0.3) is 5.91 Å². The molecule has 0 bridgehead atoms. The van der Waals surface area contributed by atoms with E-state index in [9.17, 15) is 9.59 Å². The molecule has 5 N–H and O–H groups in total. The van der Waals surface area contributed by atoms with Gasteiger partial charge >= 0.3 is 12.0 Å². The summed E-state index contributed by atoms with van der Waals surface area (Å²) >= 11 is 0. The van der Waals surface area contributed by atoms with Crippen molar-refractivity contribution in [1.29, 1.82) is 0 Å². The minimum absolute atomic E-state index is 0.114. The van der Waals surface area contributed by atoms with E-state index in [1.54, 1.807) is 11.8 Å². The van der Waals surface area contributed by atoms with Crippen LogP contribution in [-0.4, -0.2) is 45.2 Å². The molecular formula is C6H8N2O5. The van der Waals surface area contributed by atoms with Crippen LogP contribution in [0.3, 0.4) is 0 Å². The molecule has 72 valence electrons. The van der Waals surface area contributed by atoms with Gasteiger partial charge in [-0.05, 0) is 0 Å². The van der Waals surface area contributed by atoms with Crippen molar-refractivity contribution >= 4 is 11.8 Å². The van der Waals surface area contributed by atoms with Crippen LogP contribution in [0.1, 0.15) is 0 Å². The lowest BCUT2D eigenvalue weighted by atomic mass is 10.5. The van der Waals surface area contributed by atoms with Crippen LogP contribution in [0.2, 0.25) is 0 Å². The topological polar surface area (TPSA) is 124 Å². The van der Waals surface area contributed by atoms with Gasteiger partial charge in [0, 0.05) is 18.9 Å². The average Bonchev–Trinajstić information content (AvgIpc) is 1.96. The highest BCUT2D eigenvalue weighted by Gasteiger charge is 2.28. The molecule has 7 nitrogen and oxygen atoms in total. The van der Waals surface area contributed by atoms with E-state index >= 15 is 0 Å². The molecule has 0 aliphatic rings. The lowest BCUT2D eigenvalue weighted by molar-refractivity contribution is -0.376. The van der Waals surface area contributed by atoms with Crippen molar-refractivity contribution in [2.75, 3.05) is 7.05 Å². The third kappa shape index (κ3) is 4.07. The summed E-state index contributed by atoms with van der Waals surface area (Å²) in [5, 5.41) is 25.4. The second kappa shape index (κ2) is 3.86. The van der Waals surface area contributed by atoms with Gasteiger partial charge in [0.2, 0.25) is 0 Å². The van der Waals surface area contributed by atoms with Crippen molar-refractivity contribution in [3.8, 4) is 11.8 Å². The van der Waals surface area contributed by atoms with Gasteiger partial charge < -0.3 is 21.1 Å². The number of amides is 2. The van der Waals surface area contributed by atoms with E-state index in [0.717, 1.165) is 7.05 Å². The number of nitrogens with two attached hydrogens (primary N) is 1. The highest BCUT2D eigenvalue weighted by molar-refractivity contribution is 6.02. The fourth-order valence-electron chi connectivity index (χ4n) is 0.335. The number of carbonyl (C=O) groups excluding carboxylic acids is 2. The molecule has 0 rings (SSSR count). The zero-order chi connectivity index (χ0) is 10.6. The van der Waals surface area contributed by atoms with Crippen LogP contribution in [0, 0.1) is 11.8 Å². The minimum atomic E-state index is -3.30. The monoisotopic (exact) mass is 188 g/mol. The SMILES string of the molecule is CN(C(=O)C#CC(N)=O)C(O)(O)O. The minimum Gasteiger partial charge on any atom is -0.359 e. The summed E-state index contributed by atoms with van der Waals surface area (Å²) in [6, 6.07) is 0. The normalized spacial score (nSPS) is 9.85. The molecule has 0 spiro atoms. The maximum Gasteiger partial charge on any atom is 0.372 e. The number of carbonyl (C=O) groups is 2. The highest BCUT2D eigenvalue weighted by atomic mass is 16.7. The van der Waals surface area contributed by atoms with E-state index in [2.05, 4.69) is 5.73 Å². The Morgan fingerprint density at radius 1 is 1.31 bits per heavy atom. The fourth-order valence-corrected chi connectivity index (χ4v) is 0.335. The van der Waals surface area contributed by atoms with Gasteiger partial charge in [-0.3, -0.25) is 14.5 Å². The van der Waals surface area contributed by atoms with E-state index in [1.165, 1.54) is 0 Å². The van der Waals surface area contributed by atoms with Gasteiger partial charge in [0.15, 0.2) is 0 Å². The van der Waals surface area contributed by atoms with E-state index < -0.39 is 17.9 Å². The summed E-state index contributed by atoms with van der Waals surface area (Å²) in [5.74, 6) is 1.13. The maximum atomic E-state index is 10.8. The van der Waals surface area contributed by atoms with Crippen molar-refractivity contribution in [2.24, 2.45) is 5.73 Å². The summed E-state index contributed by atoms with van der Waals surface area (Å²) in [7, 11) is 0.873. The van der Waals surface area contributed by atoms with Gasteiger partial charge in [-0.15, -0.1) is 0 Å². The number of primary amides is 1. The standard InChI is InChI=1S/C6H8N2O5/c1-8(6(11,12)13)5(10)3-2-4(7)9/h11-13H,1H3,(H2,7,9). The third-order valence-corrected chi connectivity index (χ3v) is 1.05. The molecule has 0 unspecified atom stereocenters. The smallest absolute Gasteiger partial charge is 0.359 e. The van der Waals surface area contributed by atoms with Crippen molar-refractivity contribution in [1.82, 2.24) is 4.90 Å². The molecule has 0 fully saturated rings. The van der Waals surface area contributed by atoms with E-state index in [1.807, 2.05) is 0 Å². The molecule has 0 aromatic carbocycles. The first kappa shape index (κ1) is 11.4. The first-order chi connectivity index (χ1) is 5.75. The van der Waals surface area contributed by atoms with Gasteiger partial charge in [0.05, 0.1) is 0 Å². The van der Waals surface area contributed by atoms with Crippen LogP contribution in [-0.2, 0) is 9.59 Å². The Morgan fingerprint density at radius 2 is 1.77 bits per heavy atom. The Bertz CT molecular complexity index is 282. The Balaban J connectivity index is 4.49. The number of rotatable bonds is 1. The van der Waals surface area contributed by atoms with Gasteiger partial charge in [0.1, 0.15) is 0 Å². The van der Waals surface area contributed by atoms with E-state index in [-0.39, 0.29) is 4.90 Å². The van der Waals surface area contributed by atoms with Crippen molar-refractivity contribution in [3.05, 3.63) is 0 Å². The molecule has 13 heavy (non-hydrogen) atoms. The van der Waals surface area contributed by atoms with Gasteiger partial charge in [-0.25, -0.2) is 0 Å². The quantitative estimate of drug-likeness (QED) is 0.251. The predicted molar refractivity (Wildman–Crippen MR) is 39.1 cm³/mol.